The fourth-order valence-electron chi connectivity index (χ4n) is 2.25. The van der Waals surface area contributed by atoms with Crippen LogP contribution in [-0.4, -0.2) is 24.5 Å². The molecule has 0 saturated heterocycles. The number of carbonyl (C=O) groups is 2. The number of ether oxygens (including phenoxy) is 1. The normalized spacial score (nSPS) is 11.6. The van der Waals surface area contributed by atoms with Crippen LogP contribution < -0.4 is 5.32 Å². The van der Waals surface area contributed by atoms with Gasteiger partial charge in [0, 0.05) is 6.04 Å². The van der Waals surface area contributed by atoms with Crippen molar-refractivity contribution in [1.82, 2.24) is 5.32 Å². The summed E-state index contributed by atoms with van der Waals surface area (Å²) in [7, 11) is 0. The summed E-state index contributed by atoms with van der Waals surface area (Å²) in [4.78, 5) is 23.5. The van der Waals surface area contributed by atoms with E-state index in [2.05, 4.69) is 5.32 Å². The van der Waals surface area contributed by atoms with Gasteiger partial charge in [-0.15, -0.1) is 0 Å². The van der Waals surface area contributed by atoms with E-state index in [1.54, 1.807) is 0 Å². The lowest BCUT2D eigenvalue weighted by atomic mass is 10.1. The minimum absolute atomic E-state index is 0.0510. The fraction of sp³-hybridized carbons (Fsp3) is 0.263. The molecule has 1 amide bonds. The number of hydrogen-bond acceptors (Lipinski definition) is 3. The van der Waals surface area contributed by atoms with Crippen LogP contribution in [0.3, 0.4) is 0 Å². The predicted molar refractivity (Wildman–Crippen MR) is 89.1 cm³/mol. The molecule has 126 valence electrons. The Hall–Kier alpha value is -2.69. The van der Waals surface area contributed by atoms with E-state index in [0.717, 1.165) is 12.8 Å². The summed E-state index contributed by atoms with van der Waals surface area (Å²) in [6, 6.07) is 15.4. The second-order valence-corrected chi connectivity index (χ2v) is 5.55. The van der Waals surface area contributed by atoms with Crippen LogP contribution in [0.15, 0.2) is 54.6 Å². The Morgan fingerprint density at radius 2 is 1.75 bits per heavy atom. The van der Waals surface area contributed by atoms with Crippen LogP contribution in [0, 0.1) is 5.82 Å². The zero-order valence-corrected chi connectivity index (χ0v) is 13.5. The molecule has 0 radical (unpaired) electrons. The zero-order valence-electron chi connectivity index (χ0n) is 13.5. The van der Waals surface area contributed by atoms with Crippen molar-refractivity contribution in [3.8, 4) is 0 Å². The Morgan fingerprint density at radius 3 is 2.46 bits per heavy atom. The summed E-state index contributed by atoms with van der Waals surface area (Å²) in [6.07, 6.45) is 1.62. The lowest BCUT2D eigenvalue weighted by molar-refractivity contribution is -0.124. The van der Waals surface area contributed by atoms with Gasteiger partial charge in [0.25, 0.3) is 5.91 Å². The molecule has 4 nitrogen and oxygen atoms in total. The summed E-state index contributed by atoms with van der Waals surface area (Å²) in [5, 5.41) is 2.76. The molecule has 0 aliphatic rings. The van der Waals surface area contributed by atoms with Crippen molar-refractivity contribution < 1.29 is 18.7 Å². The fourth-order valence-corrected chi connectivity index (χ4v) is 2.25. The van der Waals surface area contributed by atoms with E-state index in [-0.39, 0.29) is 11.6 Å². The van der Waals surface area contributed by atoms with Gasteiger partial charge in [-0.2, -0.15) is 0 Å². The van der Waals surface area contributed by atoms with Crippen LogP contribution in [0.5, 0.6) is 0 Å². The van der Waals surface area contributed by atoms with Gasteiger partial charge in [0.15, 0.2) is 6.61 Å². The molecule has 2 aromatic carbocycles. The van der Waals surface area contributed by atoms with Gasteiger partial charge in [-0.1, -0.05) is 42.5 Å². The smallest absolute Gasteiger partial charge is 0.341 e. The van der Waals surface area contributed by atoms with Gasteiger partial charge in [0.2, 0.25) is 0 Å². The minimum atomic E-state index is -0.847. The van der Waals surface area contributed by atoms with Crippen LogP contribution in [0.1, 0.15) is 29.3 Å². The molecule has 1 atom stereocenters. The Morgan fingerprint density at radius 1 is 1.08 bits per heavy atom. The molecule has 2 aromatic rings. The molecule has 24 heavy (non-hydrogen) atoms. The van der Waals surface area contributed by atoms with Crippen molar-refractivity contribution in [1.29, 1.82) is 0 Å². The molecule has 1 N–H and O–H groups in total. The summed E-state index contributed by atoms with van der Waals surface area (Å²) in [6.45, 7) is 1.46. The minimum Gasteiger partial charge on any atom is -0.452 e. The first-order chi connectivity index (χ1) is 11.6. The van der Waals surface area contributed by atoms with E-state index < -0.39 is 24.3 Å². The first kappa shape index (κ1) is 17.7. The maximum atomic E-state index is 13.4. The van der Waals surface area contributed by atoms with E-state index >= 15 is 0 Å². The Kier molecular flexibility index (Phi) is 6.49. The molecular weight excluding hydrogens is 309 g/mol. The first-order valence-corrected chi connectivity index (χ1v) is 7.81. The molecular formula is C19H20FNO3. The number of aryl methyl sites for hydroxylation is 1. The highest BCUT2D eigenvalue weighted by atomic mass is 19.1. The average Bonchev–Trinajstić information content (AvgIpc) is 2.59. The van der Waals surface area contributed by atoms with Crippen molar-refractivity contribution in [2.24, 2.45) is 0 Å². The number of nitrogens with one attached hydrogen (secondary N) is 1. The maximum Gasteiger partial charge on any atom is 0.341 e. The van der Waals surface area contributed by atoms with Crippen LogP contribution >= 0.6 is 0 Å². The molecule has 0 fully saturated rings. The third kappa shape index (κ3) is 5.50. The largest absolute Gasteiger partial charge is 0.452 e. The summed E-state index contributed by atoms with van der Waals surface area (Å²) in [5.74, 6) is -1.92. The van der Waals surface area contributed by atoms with Gasteiger partial charge >= 0.3 is 5.97 Å². The van der Waals surface area contributed by atoms with E-state index in [1.165, 1.54) is 29.8 Å². The zero-order chi connectivity index (χ0) is 17.4. The maximum absolute atomic E-state index is 13.4. The number of benzene rings is 2. The number of hydrogen-bond donors (Lipinski definition) is 1. The molecule has 5 heteroatoms. The summed E-state index contributed by atoms with van der Waals surface area (Å²) >= 11 is 0. The second-order valence-electron chi connectivity index (χ2n) is 5.55. The third-order valence-electron chi connectivity index (χ3n) is 3.54. The average molecular weight is 329 g/mol. The summed E-state index contributed by atoms with van der Waals surface area (Å²) in [5.41, 5.74) is 1.02. The Labute approximate surface area is 140 Å². The summed E-state index contributed by atoms with van der Waals surface area (Å²) < 4.78 is 18.3. The van der Waals surface area contributed by atoms with E-state index in [9.17, 15) is 14.0 Å². The topological polar surface area (TPSA) is 55.4 Å². The van der Waals surface area contributed by atoms with Gasteiger partial charge in [0.05, 0.1) is 5.56 Å². The van der Waals surface area contributed by atoms with Crippen LogP contribution in [-0.2, 0) is 16.0 Å². The molecule has 0 aliphatic carbocycles. The lowest BCUT2D eigenvalue weighted by Gasteiger charge is -2.14. The van der Waals surface area contributed by atoms with Crippen molar-refractivity contribution in [2.75, 3.05) is 6.61 Å². The Bertz CT molecular complexity index is 688. The standard InChI is InChI=1S/C19H20FNO3/c1-14(11-12-15-7-3-2-4-8-15)21-18(22)13-24-19(23)16-9-5-6-10-17(16)20/h2-10,14H,11-13H2,1H3,(H,21,22). The number of carbonyl (C=O) groups excluding carboxylic acids is 2. The van der Waals surface area contributed by atoms with Gasteiger partial charge in [-0.25, -0.2) is 9.18 Å². The molecule has 1 unspecified atom stereocenters. The van der Waals surface area contributed by atoms with Crippen molar-refractivity contribution in [3.63, 3.8) is 0 Å². The van der Waals surface area contributed by atoms with Gasteiger partial charge in [-0.3, -0.25) is 4.79 Å². The first-order valence-electron chi connectivity index (χ1n) is 7.81. The monoisotopic (exact) mass is 329 g/mol. The van der Waals surface area contributed by atoms with Crippen LogP contribution in [0.25, 0.3) is 0 Å². The second kappa shape index (κ2) is 8.82. The molecule has 0 aromatic heterocycles. The predicted octanol–water partition coefficient (Wildman–Crippen LogP) is 3.12. The number of amides is 1. The van der Waals surface area contributed by atoms with E-state index in [1.807, 2.05) is 37.3 Å². The highest BCUT2D eigenvalue weighted by molar-refractivity contribution is 5.91. The molecule has 0 bridgehead atoms. The third-order valence-corrected chi connectivity index (χ3v) is 3.54. The van der Waals surface area contributed by atoms with Crippen LogP contribution in [0.2, 0.25) is 0 Å². The van der Waals surface area contributed by atoms with Crippen molar-refractivity contribution in [3.05, 3.63) is 71.5 Å². The van der Waals surface area contributed by atoms with Crippen molar-refractivity contribution >= 4 is 11.9 Å². The number of rotatable bonds is 7. The number of halogens is 1. The van der Waals surface area contributed by atoms with Gasteiger partial charge in [0.1, 0.15) is 5.82 Å². The molecule has 0 heterocycles. The van der Waals surface area contributed by atoms with E-state index in [0.29, 0.717) is 0 Å². The highest BCUT2D eigenvalue weighted by Crippen LogP contribution is 2.08. The lowest BCUT2D eigenvalue weighted by Crippen LogP contribution is -2.36. The van der Waals surface area contributed by atoms with Gasteiger partial charge in [-0.05, 0) is 37.5 Å². The highest BCUT2D eigenvalue weighted by Gasteiger charge is 2.15. The van der Waals surface area contributed by atoms with Crippen LogP contribution in [0.4, 0.5) is 4.39 Å². The SMILES string of the molecule is CC(CCc1ccccc1)NC(=O)COC(=O)c1ccccc1F. The Balaban J connectivity index is 1.72. The quantitative estimate of drug-likeness (QED) is 0.794. The van der Waals surface area contributed by atoms with Gasteiger partial charge < -0.3 is 10.1 Å². The number of esters is 1. The van der Waals surface area contributed by atoms with E-state index in [4.69, 9.17) is 4.74 Å². The molecule has 0 saturated carbocycles. The van der Waals surface area contributed by atoms with Crippen molar-refractivity contribution in [2.45, 2.75) is 25.8 Å². The molecule has 2 rings (SSSR count). The molecule has 0 aliphatic heterocycles. The molecule has 0 spiro atoms.